The van der Waals surface area contributed by atoms with E-state index in [0.29, 0.717) is 12.5 Å². The fourth-order valence-electron chi connectivity index (χ4n) is 5.01. The smallest absolute Gasteiger partial charge is 0.114 e. The minimum absolute atomic E-state index is 0.168. The van der Waals surface area contributed by atoms with Gasteiger partial charge in [-0.05, 0) is 86.3 Å². The Kier molecular flexibility index (Phi) is 4.71. The lowest BCUT2D eigenvalue weighted by Gasteiger charge is -2.49. The van der Waals surface area contributed by atoms with Gasteiger partial charge in [0, 0.05) is 11.1 Å². The Morgan fingerprint density at radius 1 is 1.31 bits per heavy atom. The van der Waals surface area contributed by atoms with E-state index in [1.807, 2.05) is 13.0 Å². The molecule has 2 aromatic rings. The minimum atomic E-state index is 0.168. The van der Waals surface area contributed by atoms with Gasteiger partial charge in [-0.1, -0.05) is 35.5 Å². The molecule has 2 aromatic carbocycles. The van der Waals surface area contributed by atoms with Crippen LogP contribution in [0, 0.1) is 12.0 Å². The number of hydrogen-bond donors (Lipinski definition) is 1. The number of fused-ring (bicyclic) bond motifs is 3. The van der Waals surface area contributed by atoms with Crippen molar-refractivity contribution in [3.8, 4) is 0 Å². The van der Waals surface area contributed by atoms with Crippen LogP contribution < -0.4 is 5.73 Å². The van der Waals surface area contributed by atoms with Gasteiger partial charge in [-0.3, -0.25) is 0 Å². The lowest BCUT2D eigenvalue weighted by atomic mass is 9.55. The highest BCUT2D eigenvalue weighted by atomic mass is 16.6. The summed E-state index contributed by atoms with van der Waals surface area (Å²) in [6.07, 6.45) is 6.56. The number of benzene rings is 2. The molecule has 0 spiro atoms. The summed E-state index contributed by atoms with van der Waals surface area (Å²) >= 11 is 0. The van der Waals surface area contributed by atoms with Crippen molar-refractivity contribution in [2.24, 2.45) is 11.1 Å². The second-order valence-electron chi connectivity index (χ2n) is 7.68. The summed E-state index contributed by atoms with van der Waals surface area (Å²) in [4.78, 5) is 5.36. The van der Waals surface area contributed by atoms with Crippen LogP contribution >= 0.6 is 0 Å². The van der Waals surface area contributed by atoms with Crippen LogP contribution in [0.25, 0.3) is 0 Å². The fraction of sp³-hybridized carbons (Fsp3) is 0.435. The average molecular weight is 347 g/mol. The van der Waals surface area contributed by atoms with E-state index in [9.17, 15) is 0 Å². The lowest BCUT2D eigenvalue weighted by Crippen LogP contribution is -2.46. The standard InChI is InChI=1S/C23H27N2O/c1-2-26-25-21-12-13-23(16-17-6-5-8-20(24)14-17)19(15-21)11-10-18-7-3-4-9-22(18)23/h4-9,14,19H,2,10-13,15-16,24H2,1H3. The maximum absolute atomic E-state index is 6.06. The topological polar surface area (TPSA) is 47.6 Å². The molecule has 4 rings (SSSR count). The van der Waals surface area contributed by atoms with Crippen LogP contribution in [-0.4, -0.2) is 12.3 Å². The summed E-state index contributed by atoms with van der Waals surface area (Å²) in [5.41, 5.74) is 12.6. The molecule has 3 nitrogen and oxygen atoms in total. The molecule has 1 radical (unpaired) electrons. The number of nitrogens with two attached hydrogens (primary N) is 1. The van der Waals surface area contributed by atoms with Crippen LogP contribution in [0.4, 0.5) is 5.69 Å². The third kappa shape index (κ3) is 3.11. The van der Waals surface area contributed by atoms with Crippen LogP contribution in [0.2, 0.25) is 0 Å². The molecule has 0 aliphatic heterocycles. The summed E-state index contributed by atoms with van der Waals surface area (Å²) < 4.78 is 0. The number of hydrogen-bond acceptors (Lipinski definition) is 3. The van der Waals surface area contributed by atoms with Gasteiger partial charge in [0.05, 0.1) is 5.71 Å². The summed E-state index contributed by atoms with van der Waals surface area (Å²) in [7, 11) is 0. The third-order valence-corrected chi connectivity index (χ3v) is 6.16. The molecule has 1 saturated carbocycles. The molecule has 26 heavy (non-hydrogen) atoms. The molecule has 2 aliphatic carbocycles. The van der Waals surface area contributed by atoms with Gasteiger partial charge in [-0.2, -0.15) is 0 Å². The molecule has 0 heterocycles. The van der Waals surface area contributed by atoms with E-state index in [4.69, 9.17) is 10.6 Å². The molecule has 2 unspecified atom stereocenters. The first-order valence-corrected chi connectivity index (χ1v) is 9.73. The Morgan fingerprint density at radius 2 is 2.23 bits per heavy atom. The zero-order valence-corrected chi connectivity index (χ0v) is 15.5. The van der Waals surface area contributed by atoms with Gasteiger partial charge in [-0.25, -0.2) is 0 Å². The third-order valence-electron chi connectivity index (χ3n) is 6.16. The minimum Gasteiger partial charge on any atom is -0.399 e. The molecule has 0 aromatic heterocycles. The van der Waals surface area contributed by atoms with Crippen molar-refractivity contribution in [3.05, 3.63) is 65.2 Å². The van der Waals surface area contributed by atoms with E-state index in [1.165, 1.54) is 28.8 Å². The van der Waals surface area contributed by atoms with Crippen LogP contribution in [0.15, 0.2) is 47.6 Å². The van der Waals surface area contributed by atoms with Gasteiger partial charge in [0.2, 0.25) is 0 Å². The first kappa shape index (κ1) is 17.1. The molecule has 0 bridgehead atoms. The molecule has 2 N–H and O–H groups in total. The molecule has 2 atom stereocenters. The summed E-state index contributed by atoms with van der Waals surface area (Å²) in [5, 5.41) is 4.39. The molecule has 0 amide bonds. The van der Waals surface area contributed by atoms with Crippen LogP contribution in [0.5, 0.6) is 0 Å². The summed E-state index contributed by atoms with van der Waals surface area (Å²) in [6.45, 7) is 2.63. The first-order chi connectivity index (χ1) is 12.7. The van der Waals surface area contributed by atoms with Gasteiger partial charge in [0.15, 0.2) is 0 Å². The Balaban J connectivity index is 1.73. The predicted octanol–water partition coefficient (Wildman–Crippen LogP) is 4.69. The van der Waals surface area contributed by atoms with Gasteiger partial charge in [0.1, 0.15) is 6.61 Å². The van der Waals surface area contributed by atoms with Crippen LogP contribution in [0.1, 0.15) is 49.3 Å². The van der Waals surface area contributed by atoms with Crippen molar-refractivity contribution in [2.45, 2.75) is 50.9 Å². The lowest BCUT2D eigenvalue weighted by molar-refractivity contribution is 0.149. The van der Waals surface area contributed by atoms with E-state index in [1.54, 1.807) is 0 Å². The second-order valence-corrected chi connectivity index (χ2v) is 7.68. The SMILES string of the molecule is CCON=C1CCC2(Cc3cccc(N)c3)c3cc[c]cc3CCC2C1. The van der Waals surface area contributed by atoms with Crippen molar-refractivity contribution in [1.29, 1.82) is 0 Å². The largest absolute Gasteiger partial charge is 0.399 e. The van der Waals surface area contributed by atoms with Crippen LogP contribution in [-0.2, 0) is 23.1 Å². The maximum Gasteiger partial charge on any atom is 0.114 e. The van der Waals surface area contributed by atoms with Gasteiger partial charge in [-0.15, -0.1) is 0 Å². The zero-order valence-electron chi connectivity index (χ0n) is 15.5. The quantitative estimate of drug-likeness (QED) is 0.644. The normalized spacial score (nSPS) is 26.2. The predicted molar refractivity (Wildman–Crippen MR) is 106 cm³/mol. The summed E-state index contributed by atoms with van der Waals surface area (Å²) in [5.74, 6) is 0.604. The van der Waals surface area contributed by atoms with Gasteiger partial charge in [0.25, 0.3) is 0 Å². The van der Waals surface area contributed by atoms with Crippen molar-refractivity contribution in [1.82, 2.24) is 0 Å². The molecule has 2 aliphatic rings. The van der Waals surface area contributed by atoms with Crippen molar-refractivity contribution < 1.29 is 4.84 Å². The fourth-order valence-corrected chi connectivity index (χ4v) is 5.01. The number of nitrogens with zero attached hydrogens (tertiary/aromatic N) is 1. The highest BCUT2D eigenvalue weighted by Gasteiger charge is 2.46. The van der Waals surface area contributed by atoms with Gasteiger partial charge < -0.3 is 10.6 Å². The van der Waals surface area contributed by atoms with E-state index >= 15 is 0 Å². The number of anilines is 1. The van der Waals surface area contributed by atoms with E-state index < -0.39 is 0 Å². The van der Waals surface area contributed by atoms with E-state index in [-0.39, 0.29) is 5.41 Å². The molecule has 0 saturated heterocycles. The highest BCUT2D eigenvalue weighted by molar-refractivity contribution is 5.85. The Bertz CT molecular complexity index is 813. The zero-order chi connectivity index (χ0) is 18.0. The molecular formula is C23H27N2O. The number of nitrogen functional groups attached to an aromatic ring is 1. The molecular weight excluding hydrogens is 320 g/mol. The van der Waals surface area contributed by atoms with Crippen LogP contribution in [0.3, 0.4) is 0 Å². The Labute approximate surface area is 156 Å². The van der Waals surface area contributed by atoms with Crippen molar-refractivity contribution in [2.75, 3.05) is 12.3 Å². The second kappa shape index (κ2) is 7.14. The Morgan fingerprint density at radius 3 is 3.08 bits per heavy atom. The molecule has 135 valence electrons. The van der Waals surface area contributed by atoms with Crippen molar-refractivity contribution in [3.63, 3.8) is 0 Å². The summed E-state index contributed by atoms with van der Waals surface area (Å²) in [6, 6.07) is 18.2. The van der Waals surface area contributed by atoms with Crippen molar-refractivity contribution >= 4 is 11.4 Å². The molecule has 1 fully saturated rings. The Hall–Kier alpha value is -2.29. The van der Waals surface area contributed by atoms with E-state index in [2.05, 4.69) is 47.6 Å². The first-order valence-electron chi connectivity index (χ1n) is 9.73. The molecule has 3 heteroatoms. The highest BCUT2D eigenvalue weighted by Crippen LogP contribution is 2.51. The average Bonchev–Trinajstić information content (AvgIpc) is 2.66. The number of rotatable bonds is 4. The van der Waals surface area contributed by atoms with Gasteiger partial charge >= 0.3 is 0 Å². The maximum atomic E-state index is 6.06. The number of oxime groups is 1. The van der Waals surface area contributed by atoms with E-state index in [0.717, 1.165) is 37.8 Å². The monoisotopic (exact) mass is 347 g/mol. The number of aryl methyl sites for hydroxylation is 1.